The maximum Gasteiger partial charge on any atom is 0.159 e. The molecule has 0 spiro atoms. The third-order valence-corrected chi connectivity index (χ3v) is 6.69. The van der Waals surface area contributed by atoms with Crippen molar-refractivity contribution in [3.05, 3.63) is 58.8 Å². The Morgan fingerprint density at radius 2 is 2.11 bits per heavy atom. The molecule has 3 aromatic rings. The number of rotatable bonds is 3. The third-order valence-electron chi connectivity index (χ3n) is 6.69. The van der Waals surface area contributed by atoms with Crippen LogP contribution in [0.5, 0.6) is 0 Å². The molecule has 0 unspecified atom stereocenters. The predicted molar refractivity (Wildman–Crippen MR) is 107 cm³/mol. The monoisotopic (exact) mass is 377 g/mol. The lowest BCUT2D eigenvalue weighted by atomic mass is 9.83. The Labute approximate surface area is 165 Å². The molecule has 146 valence electrons. The van der Waals surface area contributed by atoms with Crippen LogP contribution in [0.15, 0.2) is 30.6 Å². The molecule has 0 amide bonds. The Hall–Kier alpha value is -2.31. The van der Waals surface area contributed by atoms with Crippen LogP contribution in [0.1, 0.15) is 41.1 Å². The average Bonchev–Trinajstić information content (AvgIpc) is 3.32. The number of likely N-dealkylation sites (tertiary alicyclic amines) is 1. The molecule has 5 rings (SSSR count). The van der Waals surface area contributed by atoms with Crippen molar-refractivity contribution in [2.24, 2.45) is 11.8 Å². The van der Waals surface area contributed by atoms with E-state index in [1.54, 1.807) is 6.20 Å². The van der Waals surface area contributed by atoms with Crippen molar-refractivity contribution in [1.82, 2.24) is 24.5 Å². The van der Waals surface area contributed by atoms with Gasteiger partial charge in [-0.3, -0.25) is 9.88 Å². The summed E-state index contributed by atoms with van der Waals surface area (Å²) in [4.78, 5) is 11.7. The maximum atomic E-state index is 11.6. The topological polar surface area (TPSA) is 66.5 Å². The molecule has 0 aromatic carbocycles. The number of aryl methyl sites for hydroxylation is 3. The number of pyridine rings is 1. The molecular weight excluding hydrogens is 350 g/mol. The summed E-state index contributed by atoms with van der Waals surface area (Å²) in [5.41, 5.74) is 5.37. The highest BCUT2D eigenvalue weighted by Gasteiger charge is 2.53. The average molecular weight is 377 g/mol. The Morgan fingerprint density at radius 3 is 2.93 bits per heavy atom. The quantitative estimate of drug-likeness (QED) is 0.760. The van der Waals surface area contributed by atoms with Gasteiger partial charge in [-0.25, -0.2) is 9.50 Å². The van der Waals surface area contributed by atoms with E-state index in [9.17, 15) is 5.11 Å². The molecule has 2 aliphatic rings. The fourth-order valence-corrected chi connectivity index (χ4v) is 5.42. The van der Waals surface area contributed by atoms with E-state index in [4.69, 9.17) is 4.98 Å². The fraction of sp³-hybridized carbons (Fsp3) is 0.500. The van der Waals surface area contributed by atoms with Crippen LogP contribution < -0.4 is 0 Å². The number of hydrogen-bond acceptors (Lipinski definition) is 5. The molecule has 1 N–H and O–H groups in total. The summed E-state index contributed by atoms with van der Waals surface area (Å²) >= 11 is 0. The minimum absolute atomic E-state index is 0.236. The van der Waals surface area contributed by atoms with Crippen LogP contribution in [0.4, 0.5) is 0 Å². The Morgan fingerprint density at radius 1 is 1.25 bits per heavy atom. The van der Waals surface area contributed by atoms with E-state index in [0.717, 1.165) is 66.3 Å². The van der Waals surface area contributed by atoms with Crippen LogP contribution in [0, 0.1) is 32.6 Å². The molecule has 1 saturated heterocycles. The minimum atomic E-state index is -0.808. The first kappa shape index (κ1) is 17.8. The predicted octanol–water partition coefficient (Wildman–Crippen LogP) is 2.78. The summed E-state index contributed by atoms with van der Waals surface area (Å²) in [5, 5.41) is 16.1. The molecule has 3 aromatic heterocycles. The summed E-state index contributed by atoms with van der Waals surface area (Å²) in [7, 11) is 0. The first-order valence-electron chi connectivity index (χ1n) is 10.1. The Bertz CT molecular complexity index is 1040. The third kappa shape index (κ3) is 2.66. The van der Waals surface area contributed by atoms with E-state index in [1.165, 1.54) is 0 Å². The van der Waals surface area contributed by atoms with Crippen LogP contribution in [-0.2, 0) is 12.1 Å². The lowest BCUT2D eigenvalue weighted by Gasteiger charge is -2.31. The first-order valence-corrected chi connectivity index (χ1v) is 10.1. The van der Waals surface area contributed by atoms with Crippen LogP contribution in [-0.4, -0.2) is 42.7 Å². The van der Waals surface area contributed by atoms with E-state index in [1.807, 2.05) is 23.7 Å². The minimum Gasteiger partial charge on any atom is -0.383 e. The van der Waals surface area contributed by atoms with Gasteiger partial charge in [0, 0.05) is 48.7 Å². The molecule has 6 heteroatoms. The smallest absolute Gasteiger partial charge is 0.159 e. The van der Waals surface area contributed by atoms with Gasteiger partial charge in [0.05, 0.1) is 11.9 Å². The van der Waals surface area contributed by atoms with Gasteiger partial charge in [-0.1, -0.05) is 6.07 Å². The number of nitrogens with zero attached hydrogens (tertiary/aromatic N) is 5. The SMILES string of the molecule is Cc1cc(C)n2ncc(CN3C[C@@H]4CC[C@](O)(c5ncccc5C)[C@H]4C3)c2n1. The molecule has 2 fully saturated rings. The Kier molecular flexibility index (Phi) is 4.03. The van der Waals surface area contributed by atoms with Crippen LogP contribution >= 0.6 is 0 Å². The molecule has 6 nitrogen and oxygen atoms in total. The normalized spacial score (nSPS) is 27.6. The molecule has 1 aliphatic heterocycles. The number of aliphatic hydroxyl groups is 1. The number of fused-ring (bicyclic) bond motifs is 2. The van der Waals surface area contributed by atoms with Gasteiger partial charge in [-0.2, -0.15) is 5.10 Å². The molecule has 28 heavy (non-hydrogen) atoms. The van der Waals surface area contributed by atoms with E-state index in [0.29, 0.717) is 5.92 Å². The van der Waals surface area contributed by atoms with Gasteiger partial charge in [0.15, 0.2) is 5.65 Å². The van der Waals surface area contributed by atoms with Crippen molar-refractivity contribution in [3.63, 3.8) is 0 Å². The first-order chi connectivity index (χ1) is 13.5. The summed E-state index contributed by atoms with van der Waals surface area (Å²) in [6, 6.07) is 6.05. The van der Waals surface area contributed by atoms with Crippen LogP contribution in [0.3, 0.4) is 0 Å². The van der Waals surface area contributed by atoms with Crippen molar-refractivity contribution in [2.45, 2.75) is 45.8 Å². The fourth-order valence-electron chi connectivity index (χ4n) is 5.42. The second kappa shape index (κ2) is 6.36. The van der Waals surface area contributed by atoms with Gasteiger partial charge in [-0.05, 0) is 57.2 Å². The molecular formula is C22H27N5O. The highest BCUT2D eigenvalue weighted by Crippen LogP contribution is 2.50. The largest absolute Gasteiger partial charge is 0.383 e. The van der Waals surface area contributed by atoms with Gasteiger partial charge in [-0.15, -0.1) is 0 Å². The van der Waals surface area contributed by atoms with Gasteiger partial charge < -0.3 is 5.11 Å². The van der Waals surface area contributed by atoms with Crippen molar-refractivity contribution < 1.29 is 5.11 Å². The summed E-state index contributed by atoms with van der Waals surface area (Å²) in [6.45, 7) is 8.87. The second-order valence-corrected chi connectivity index (χ2v) is 8.64. The van der Waals surface area contributed by atoms with Gasteiger partial charge >= 0.3 is 0 Å². The highest BCUT2D eigenvalue weighted by molar-refractivity contribution is 5.48. The lowest BCUT2D eigenvalue weighted by Crippen LogP contribution is -2.36. The van der Waals surface area contributed by atoms with Gasteiger partial charge in [0.1, 0.15) is 5.60 Å². The maximum absolute atomic E-state index is 11.6. The summed E-state index contributed by atoms with van der Waals surface area (Å²) in [5.74, 6) is 0.754. The van der Waals surface area contributed by atoms with Gasteiger partial charge in [0.25, 0.3) is 0 Å². The van der Waals surface area contributed by atoms with Crippen molar-refractivity contribution in [2.75, 3.05) is 13.1 Å². The molecule has 3 atom stereocenters. The zero-order valence-electron chi connectivity index (χ0n) is 16.8. The van der Waals surface area contributed by atoms with Gasteiger partial charge in [0.2, 0.25) is 0 Å². The van der Waals surface area contributed by atoms with Crippen molar-refractivity contribution in [1.29, 1.82) is 0 Å². The van der Waals surface area contributed by atoms with E-state index in [2.05, 4.69) is 41.0 Å². The second-order valence-electron chi connectivity index (χ2n) is 8.64. The van der Waals surface area contributed by atoms with Crippen LogP contribution in [0.2, 0.25) is 0 Å². The zero-order chi connectivity index (χ0) is 19.5. The van der Waals surface area contributed by atoms with E-state index >= 15 is 0 Å². The molecule has 0 radical (unpaired) electrons. The van der Waals surface area contributed by atoms with E-state index in [-0.39, 0.29) is 5.92 Å². The Balaban J connectivity index is 1.40. The summed E-state index contributed by atoms with van der Waals surface area (Å²) < 4.78 is 1.92. The lowest BCUT2D eigenvalue weighted by molar-refractivity contribution is -0.0114. The van der Waals surface area contributed by atoms with Crippen LogP contribution in [0.25, 0.3) is 5.65 Å². The van der Waals surface area contributed by atoms with Crippen molar-refractivity contribution in [3.8, 4) is 0 Å². The highest BCUT2D eigenvalue weighted by atomic mass is 16.3. The number of aromatic nitrogens is 4. The molecule has 1 aliphatic carbocycles. The van der Waals surface area contributed by atoms with Crippen molar-refractivity contribution >= 4 is 5.65 Å². The number of hydrogen-bond donors (Lipinski definition) is 1. The molecule has 1 saturated carbocycles. The molecule has 4 heterocycles. The zero-order valence-corrected chi connectivity index (χ0v) is 16.8. The summed E-state index contributed by atoms with van der Waals surface area (Å²) in [6.07, 6.45) is 5.61. The molecule has 0 bridgehead atoms. The standard InChI is InChI=1S/C22H27N5O/c1-14-5-4-8-23-20(14)22(28)7-6-17-11-26(13-19(17)22)12-18-10-24-27-16(3)9-15(2)25-21(18)27/h4-5,8-10,17,19,28H,6-7,11-13H2,1-3H3/t17-,19-,22+/m0/s1. The van der Waals surface area contributed by atoms with E-state index < -0.39 is 5.60 Å².